The van der Waals surface area contributed by atoms with E-state index >= 15 is 0 Å². The first-order valence-electron chi connectivity index (χ1n) is 4.78. The van der Waals surface area contributed by atoms with Gasteiger partial charge in [-0.25, -0.2) is 0 Å². The third-order valence-corrected chi connectivity index (χ3v) is 2.26. The first kappa shape index (κ1) is 10.5. The Kier molecular flexibility index (Phi) is 2.66. The van der Waals surface area contributed by atoms with E-state index in [4.69, 9.17) is 4.74 Å². The fourth-order valence-corrected chi connectivity index (χ4v) is 1.39. The molecule has 1 saturated heterocycles. The molecule has 1 atom stereocenters. The summed E-state index contributed by atoms with van der Waals surface area (Å²) >= 11 is 0. The quantitative estimate of drug-likeness (QED) is 0.626. The maximum atomic E-state index is 11.7. The van der Waals surface area contributed by atoms with E-state index in [0.717, 1.165) is 19.5 Å². The van der Waals surface area contributed by atoms with Gasteiger partial charge < -0.3 is 10.1 Å². The van der Waals surface area contributed by atoms with Gasteiger partial charge in [0.1, 0.15) is 5.60 Å². The molecule has 1 rings (SSSR count). The fraction of sp³-hybridized carbons (Fsp3) is 0.900. The Labute approximate surface area is 79.8 Å². The van der Waals surface area contributed by atoms with Crippen LogP contribution in [0.5, 0.6) is 0 Å². The molecule has 0 unspecified atom stereocenters. The van der Waals surface area contributed by atoms with Crippen LogP contribution in [0, 0.1) is 5.41 Å². The molecule has 1 aliphatic heterocycles. The van der Waals surface area contributed by atoms with Gasteiger partial charge in [-0.05, 0) is 40.7 Å². The summed E-state index contributed by atoms with van der Waals surface area (Å²) in [6.07, 6.45) is 0.877. The largest absolute Gasteiger partial charge is 0.460 e. The number of rotatable bonds is 1. The average Bonchev–Trinajstić information content (AvgIpc) is 2.33. The van der Waals surface area contributed by atoms with Crippen molar-refractivity contribution < 1.29 is 9.53 Å². The predicted octanol–water partition coefficient (Wildman–Crippen LogP) is 1.33. The van der Waals surface area contributed by atoms with Crippen LogP contribution in [0.4, 0.5) is 0 Å². The van der Waals surface area contributed by atoms with E-state index in [1.807, 2.05) is 27.7 Å². The lowest BCUT2D eigenvalue weighted by Gasteiger charge is -2.27. The minimum absolute atomic E-state index is 0.0787. The molecule has 0 aliphatic carbocycles. The lowest BCUT2D eigenvalue weighted by Crippen LogP contribution is -2.37. The molecule has 0 radical (unpaired) electrons. The SMILES string of the molecule is CC(C)(C)OC(=O)[C@@]1(C)CCNC1. The maximum Gasteiger partial charge on any atom is 0.313 e. The Hall–Kier alpha value is -0.570. The molecule has 0 aromatic heterocycles. The summed E-state index contributed by atoms with van der Waals surface area (Å²) in [5.41, 5.74) is -0.685. The van der Waals surface area contributed by atoms with Gasteiger partial charge >= 0.3 is 5.97 Å². The second kappa shape index (κ2) is 3.29. The van der Waals surface area contributed by atoms with Crippen molar-refractivity contribution in [2.75, 3.05) is 13.1 Å². The molecule has 1 N–H and O–H groups in total. The van der Waals surface area contributed by atoms with Gasteiger partial charge in [0, 0.05) is 6.54 Å². The fourth-order valence-electron chi connectivity index (χ4n) is 1.39. The summed E-state index contributed by atoms with van der Waals surface area (Å²) in [7, 11) is 0. The molecule has 76 valence electrons. The molecular weight excluding hydrogens is 166 g/mol. The van der Waals surface area contributed by atoms with Crippen molar-refractivity contribution in [2.24, 2.45) is 5.41 Å². The van der Waals surface area contributed by atoms with Crippen molar-refractivity contribution in [1.82, 2.24) is 5.32 Å². The summed E-state index contributed by atoms with van der Waals surface area (Å²) in [6.45, 7) is 9.31. The van der Waals surface area contributed by atoms with Crippen molar-refractivity contribution >= 4 is 5.97 Å². The van der Waals surface area contributed by atoms with E-state index in [9.17, 15) is 4.79 Å². The normalized spacial score (nSPS) is 28.9. The summed E-state index contributed by atoms with van der Waals surface area (Å²) < 4.78 is 5.35. The van der Waals surface area contributed by atoms with Gasteiger partial charge in [0.2, 0.25) is 0 Å². The highest BCUT2D eigenvalue weighted by Crippen LogP contribution is 2.28. The van der Waals surface area contributed by atoms with Crippen LogP contribution in [-0.4, -0.2) is 24.7 Å². The first-order valence-corrected chi connectivity index (χ1v) is 4.78. The van der Waals surface area contributed by atoms with E-state index in [1.165, 1.54) is 0 Å². The van der Waals surface area contributed by atoms with Crippen LogP contribution in [0.25, 0.3) is 0 Å². The van der Waals surface area contributed by atoms with Crippen LogP contribution in [0.15, 0.2) is 0 Å². The number of carbonyl (C=O) groups excluding carboxylic acids is 1. The molecule has 0 aromatic rings. The Morgan fingerprint density at radius 1 is 1.46 bits per heavy atom. The van der Waals surface area contributed by atoms with Gasteiger partial charge in [0.15, 0.2) is 0 Å². The van der Waals surface area contributed by atoms with Gasteiger partial charge in [-0.2, -0.15) is 0 Å². The summed E-state index contributed by atoms with van der Waals surface area (Å²) in [5.74, 6) is -0.0787. The van der Waals surface area contributed by atoms with E-state index in [-0.39, 0.29) is 17.0 Å². The topological polar surface area (TPSA) is 38.3 Å². The average molecular weight is 185 g/mol. The van der Waals surface area contributed by atoms with Gasteiger partial charge in [-0.1, -0.05) is 0 Å². The summed E-state index contributed by atoms with van der Waals surface area (Å²) in [6, 6.07) is 0. The van der Waals surface area contributed by atoms with Gasteiger partial charge in [-0.15, -0.1) is 0 Å². The molecule has 1 aliphatic rings. The number of hydrogen-bond acceptors (Lipinski definition) is 3. The maximum absolute atomic E-state index is 11.7. The second-order valence-corrected chi connectivity index (χ2v) is 4.99. The zero-order chi connectivity index (χ0) is 10.1. The zero-order valence-electron chi connectivity index (χ0n) is 8.94. The number of nitrogens with one attached hydrogen (secondary N) is 1. The minimum atomic E-state index is -0.372. The molecule has 0 saturated carbocycles. The molecule has 0 bridgehead atoms. The highest BCUT2D eigenvalue weighted by molar-refractivity contribution is 5.77. The van der Waals surface area contributed by atoms with Crippen molar-refractivity contribution in [3.8, 4) is 0 Å². The smallest absolute Gasteiger partial charge is 0.313 e. The Morgan fingerprint density at radius 2 is 2.08 bits per heavy atom. The van der Waals surface area contributed by atoms with Crippen LogP contribution in [0.3, 0.4) is 0 Å². The Morgan fingerprint density at radius 3 is 2.46 bits per heavy atom. The molecule has 1 heterocycles. The van der Waals surface area contributed by atoms with Gasteiger partial charge in [0.25, 0.3) is 0 Å². The zero-order valence-corrected chi connectivity index (χ0v) is 8.94. The molecule has 13 heavy (non-hydrogen) atoms. The van der Waals surface area contributed by atoms with Gasteiger partial charge in [0.05, 0.1) is 5.41 Å². The second-order valence-electron chi connectivity index (χ2n) is 4.99. The molecule has 1 fully saturated rings. The molecular formula is C10H19NO2. The first-order chi connectivity index (χ1) is 5.83. The third-order valence-electron chi connectivity index (χ3n) is 2.26. The predicted molar refractivity (Wildman–Crippen MR) is 51.4 cm³/mol. The highest BCUT2D eigenvalue weighted by atomic mass is 16.6. The van der Waals surface area contributed by atoms with Crippen LogP contribution in [0.1, 0.15) is 34.1 Å². The minimum Gasteiger partial charge on any atom is -0.460 e. The van der Waals surface area contributed by atoms with E-state index in [1.54, 1.807) is 0 Å². The van der Waals surface area contributed by atoms with E-state index in [0.29, 0.717) is 0 Å². The van der Waals surface area contributed by atoms with E-state index < -0.39 is 0 Å². The van der Waals surface area contributed by atoms with Crippen LogP contribution in [0.2, 0.25) is 0 Å². The van der Waals surface area contributed by atoms with Crippen molar-refractivity contribution in [1.29, 1.82) is 0 Å². The number of esters is 1. The highest BCUT2D eigenvalue weighted by Gasteiger charge is 2.39. The lowest BCUT2D eigenvalue weighted by molar-refractivity contribution is -0.165. The van der Waals surface area contributed by atoms with Crippen molar-refractivity contribution in [2.45, 2.75) is 39.7 Å². The molecule has 0 spiro atoms. The summed E-state index contributed by atoms with van der Waals surface area (Å²) in [4.78, 5) is 11.7. The number of carbonyl (C=O) groups is 1. The van der Waals surface area contributed by atoms with Gasteiger partial charge in [-0.3, -0.25) is 4.79 Å². The van der Waals surface area contributed by atoms with Crippen molar-refractivity contribution in [3.05, 3.63) is 0 Å². The number of ether oxygens (including phenoxy) is 1. The monoisotopic (exact) mass is 185 g/mol. The van der Waals surface area contributed by atoms with Crippen LogP contribution < -0.4 is 5.32 Å². The molecule has 3 nitrogen and oxygen atoms in total. The molecule has 0 aromatic carbocycles. The molecule has 3 heteroatoms. The third kappa shape index (κ3) is 2.69. The number of hydrogen-bond donors (Lipinski definition) is 1. The van der Waals surface area contributed by atoms with Crippen LogP contribution >= 0.6 is 0 Å². The van der Waals surface area contributed by atoms with E-state index in [2.05, 4.69) is 5.32 Å². The standard InChI is InChI=1S/C10H19NO2/c1-9(2,3)13-8(12)10(4)5-6-11-7-10/h11H,5-7H2,1-4H3/t10-/m0/s1. The summed E-state index contributed by atoms with van der Waals surface area (Å²) in [5, 5.41) is 3.18. The lowest BCUT2D eigenvalue weighted by atomic mass is 9.90. The Balaban J connectivity index is 2.57. The van der Waals surface area contributed by atoms with Crippen LogP contribution in [-0.2, 0) is 9.53 Å². The molecule has 0 amide bonds. The Bertz CT molecular complexity index is 199. The van der Waals surface area contributed by atoms with Crippen molar-refractivity contribution in [3.63, 3.8) is 0 Å².